The predicted octanol–water partition coefficient (Wildman–Crippen LogP) is 4.53. The third-order valence-electron chi connectivity index (χ3n) is 4.62. The maximum atomic E-state index is 12.9. The van der Waals surface area contributed by atoms with Gasteiger partial charge in [-0.05, 0) is 36.4 Å². The first-order valence-corrected chi connectivity index (χ1v) is 9.72. The number of amides is 1. The van der Waals surface area contributed by atoms with E-state index in [1.54, 1.807) is 11.9 Å². The van der Waals surface area contributed by atoms with Crippen LogP contribution in [0.25, 0.3) is 21.8 Å². The molecule has 136 valence electrons. The van der Waals surface area contributed by atoms with E-state index in [0.29, 0.717) is 21.7 Å². The Bertz CT molecular complexity index is 1150. The van der Waals surface area contributed by atoms with Gasteiger partial charge in [0.15, 0.2) is 5.43 Å². The van der Waals surface area contributed by atoms with E-state index in [2.05, 4.69) is 0 Å². The second-order valence-electron chi connectivity index (χ2n) is 6.41. The minimum absolute atomic E-state index is 0.00789. The first kappa shape index (κ1) is 17.8. The normalized spacial score (nSPS) is 11.2. The molecule has 2 aromatic heterocycles. The zero-order valence-electron chi connectivity index (χ0n) is 14.7. The summed E-state index contributed by atoms with van der Waals surface area (Å²) in [5.41, 5.74) is 1.52. The molecule has 0 saturated carbocycles. The summed E-state index contributed by atoms with van der Waals surface area (Å²) < 4.78 is 2.63. The van der Waals surface area contributed by atoms with Crippen LogP contribution < -0.4 is 5.43 Å². The number of rotatable bonds is 4. The number of benzene rings is 2. The number of para-hydroxylation sites is 2. The molecule has 4 rings (SSSR count). The highest BCUT2D eigenvalue weighted by atomic mass is 35.5. The average molecular weight is 397 g/mol. The van der Waals surface area contributed by atoms with Crippen LogP contribution in [0, 0.1) is 0 Å². The van der Waals surface area contributed by atoms with Gasteiger partial charge in [-0.3, -0.25) is 9.59 Å². The Morgan fingerprint density at radius 3 is 2.15 bits per heavy atom. The molecule has 0 aliphatic carbocycles. The van der Waals surface area contributed by atoms with Gasteiger partial charge in [0.25, 0.3) is 0 Å². The molecule has 0 saturated heterocycles. The van der Waals surface area contributed by atoms with Gasteiger partial charge >= 0.3 is 0 Å². The van der Waals surface area contributed by atoms with Crippen LogP contribution in [0.4, 0.5) is 0 Å². The van der Waals surface area contributed by atoms with Gasteiger partial charge in [-0.2, -0.15) is 0 Å². The smallest absolute Gasteiger partial charge is 0.242 e. The molecule has 0 spiro atoms. The van der Waals surface area contributed by atoms with Crippen molar-refractivity contribution in [2.75, 3.05) is 7.05 Å². The third-order valence-corrected chi connectivity index (χ3v) is 5.84. The molecule has 0 N–H and O–H groups in total. The summed E-state index contributed by atoms with van der Waals surface area (Å²) in [5.74, 6) is -0.0292. The van der Waals surface area contributed by atoms with Gasteiger partial charge in [0.05, 0.1) is 21.9 Å². The lowest BCUT2D eigenvalue weighted by atomic mass is 10.1. The lowest BCUT2D eigenvalue weighted by molar-refractivity contribution is -0.130. The van der Waals surface area contributed by atoms with E-state index < -0.39 is 0 Å². The van der Waals surface area contributed by atoms with Gasteiger partial charge in [-0.25, -0.2) is 0 Å². The van der Waals surface area contributed by atoms with Crippen molar-refractivity contribution in [2.45, 2.75) is 13.1 Å². The van der Waals surface area contributed by atoms with E-state index in [1.807, 2.05) is 65.2 Å². The van der Waals surface area contributed by atoms with Gasteiger partial charge in [-0.1, -0.05) is 35.9 Å². The summed E-state index contributed by atoms with van der Waals surface area (Å²) in [4.78, 5) is 28.4. The van der Waals surface area contributed by atoms with Crippen molar-refractivity contribution in [3.05, 3.63) is 80.1 Å². The Balaban J connectivity index is 1.75. The molecule has 4 aromatic rings. The highest BCUT2D eigenvalue weighted by molar-refractivity contribution is 7.16. The van der Waals surface area contributed by atoms with Crippen LogP contribution in [0.15, 0.2) is 65.5 Å². The molecule has 0 bridgehead atoms. The number of carbonyl (C=O) groups is 1. The first-order valence-electron chi connectivity index (χ1n) is 8.53. The SMILES string of the molecule is CN(Cc1ccc(Cl)s1)C(=O)Cn1c2ccccc2c(=O)c2ccccc21. The minimum Gasteiger partial charge on any atom is -0.339 e. The minimum atomic E-state index is -0.0292. The topological polar surface area (TPSA) is 42.3 Å². The number of likely N-dealkylation sites (N-methyl/N-ethyl adjacent to an activating group) is 1. The van der Waals surface area contributed by atoms with Crippen LogP contribution in [-0.4, -0.2) is 22.4 Å². The predicted molar refractivity (Wildman–Crippen MR) is 112 cm³/mol. The lowest BCUT2D eigenvalue weighted by Gasteiger charge is -2.20. The molecular formula is C21H17ClN2O2S. The van der Waals surface area contributed by atoms with Crippen LogP contribution in [0.5, 0.6) is 0 Å². The maximum absolute atomic E-state index is 12.9. The number of nitrogens with zero attached hydrogens (tertiary/aromatic N) is 2. The Hall–Kier alpha value is -2.63. The Labute approximate surface area is 165 Å². The Kier molecular flexibility index (Phi) is 4.72. The van der Waals surface area contributed by atoms with Gasteiger partial charge < -0.3 is 9.47 Å². The number of hydrogen-bond donors (Lipinski definition) is 0. The zero-order chi connectivity index (χ0) is 19.0. The van der Waals surface area contributed by atoms with Crippen molar-refractivity contribution in [2.24, 2.45) is 0 Å². The van der Waals surface area contributed by atoms with Crippen LogP contribution in [0.1, 0.15) is 4.88 Å². The molecule has 0 atom stereocenters. The summed E-state index contributed by atoms with van der Waals surface area (Å²) in [6.45, 7) is 0.670. The monoisotopic (exact) mass is 396 g/mol. The van der Waals surface area contributed by atoms with Crippen molar-refractivity contribution in [1.82, 2.24) is 9.47 Å². The van der Waals surface area contributed by atoms with Crippen LogP contribution in [-0.2, 0) is 17.9 Å². The molecule has 2 aromatic carbocycles. The standard InChI is InChI=1S/C21H17ClN2O2S/c1-23(12-14-10-11-19(22)27-14)20(25)13-24-17-8-4-2-6-15(17)21(26)16-7-3-5-9-18(16)24/h2-11H,12-13H2,1H3. The van der Waals surface area contributed by atoms with Crippen molar-refractivity contribution >= 4 is 50.7 Å². The van der Waals surface area contributed by atoms with E-state index in [9.17, 15) is 9.59 Å². The molecule has 27 heavy (non-hydrogen) atoms. The molecule has 0 radical (unpaired) electrons. The van der Waals surface area contributed by atoms with Gasteiger partial charge in [0.2, 0.25) is 5.91 Å². The van der Waals surface area contributed by atoms with Crippen molar-refractivity contribution < 1.29 is 4.79 Å². The van der Waals surface area contributed by atoms with Gasteiger partial charge in [-0.15, -0.1) is 11.3 Å². The molecule has 2 heterocycles. The number of fused-ring (bicyclic) bond motifs is 2. The van der Waals surface area contributed by atoms with Crippen LogP contribution >= 0.6 is 22.9 Å². The van der Waals surface area contributed by atoms with E-state index in [0.717, 1.165) is 15.9 Å². The highest BCUT2D eigenvalue weighted by Gasteiger charge is 2.16. The third kappa shape index (κ3) is 3.36. The van der Waals surface area contributed by atoms with E-state index >= 15 is 0 Å². The average Bonchev–Trinajstić information content (AvgIpc) is 3.09. The van der Waals surface area contributed by atoms with E-state index in [1.165, 1.54) is 11.3 Å². The second kappa shape index (κ2) is 7.18. The van der Waals surface area contributed by atoms with Crippen molar-refractivity contribution in [1.29, 1.82) is 0 Å². The fourth-order valence-electron chi connectivity index (χ4n) is 3.26. The first-order chi connectivity index (χ1) is 13.0. The molecule has 0 aliphatic rings. The fourth-order valence-corrected chi connectivity index (χ4v) is 4.40. The van der Waals surface area contributed by atoms with E-state index in [4.69, 9.17) is 11.6 Å². The molecule has 1 amide bonds. The summed E-state index contributed by atoms with van der Waals surface area (Å²) in [6.07, 6.45) is 0. The summed E-state index contributed by atoms with van der Waals surface area (Å²) >= 11 is 7.45. The second-order valence-corrected chi connectivity index (χ2v) is 8.20. The number of halogens is 1. The fraction of sp³-hybridized carbons (Fsp3) is 0.143. The highest BCUT2D eigenvalue weighted by Crippen LogP contribution is 2.23. The number of pyridine rings is 1. The number of thiophene rings is 1. The van der Waals surface area contributed by atoms with E-state index in [-0.39, 0.29) is 17.9 Å². The largest absolute Gasteiger partial charge is 0.339 e. The van der Waals surface area contributed by atoms with Crippen molar-refractivity contribution in [3.63, 3.8) is 0 Å². The molecule has 0 aliphatic heterocycles. The van der Waals surface area contributed by atoms with Crippen LogP contribution in [0.3, 0.4) is 0 Å². The zero-order valence-corrected chi connectivity index (χ0v) is 16.3. The molecule has 0 unspecified atom stereocenters. The number of aromatic nitrogens is 1. The van der Waals surface area contributed by atoms with Gasteiger partial charge in [0.1, 0.15) is 6.54 Å². The molecule has 0 fully saturated rings. The molecular weight excluding hydrogens is 380 g/mol. The summed E-state index contributed by atoms with van der Waals surface area (Å²) in [5, 5.41) is 1.24. The van der Waals surface area contributed by atoms with Crippen molar-refractivity contribution in [3.8, 4) is 0 Å². The number of carbonyl (C=O) groups excluding carboxylic acids is 1. The number of hydrogen-bond acceptors (Lipinski definition) is 3. The van der Waals surface area contributed by atoms with Crippen LogP contribution in [0.2, 0.25) is 4.34 Å². The Morgan fingerprint density at radius 2 is 1.59 bits per heavy atom. The quantitative estimate of drug-likeness (QED) is 0.476. The lowest BCUT2D eigenvalue weighted by Crippen LogP contribution is -2.30. The summed E-state index contributed by atoms with van der Waals surface area (Å²) in [6, 6.07) is 18.6. The van der Waals surface area contributed by atoms with Gasteiger partial charge in [0, 0.05) is 22.7 Å². The molecule has 6 heteroatoms. The molecule has 4 nitrogen and oxygen atoms in total. The summed E-state index contributed by atoms with van der Waals surface area (Å²) in [7, 11) is 1.78. The Morgan fingerprint density at radius 1 is 1.00 bits per heavy atom. The maximum Gasteiger partial charge on any atom is 0.242 e.